The lowest BCUT2D eigenvalue weighted by atomic mass is 10.2. The van der Waals surface area contributed by atoms with Crippen LogP contribution in [0.3, 0.4) is 0 Å². The molecule has 0 unspecified atom stereocenters. The minimum Gasteiger partial charge on any atom is -0.308 e. The Bertz CT molecular complexity index is 938. The number of hydrogen-bond donors (Lipinski definition) is 2. The van der Waals surface area contributed by atoms with E-state index in [9.17, 15) is 4.79 Å². The minimum atomic E-state index is -0.388. The average Bonchev–Trinajstić information content (AvgIpc) is 2.91. The summed E-state index contributed by atoms with van der Waals surface area (Å²) >= 11 is 18.0. The topological polar surface area (TPSA) is 59.0 Å². The fraction of sp³-hybridized carbons (Fsp3) is 0.111. The molecule has 0 spiro atoms. The molecular formula is C18H15Cl3N4O. The zero-order valence-electron chi connectivity index (χ0n) is 13.8. The van der Waals surface area contributed by atoms with Crippen LogP contribution in [0.5, 0.6) is 0 Å². The van der Waals surface area contributed by atoms with Gasteiger partial charge in [0.05, 0.1) is 6.54 Å². The number of carbonyl (C=O) groups is 1. The van der Waals surface area contributed by atoms with E-state index in [2.05, 4.69) is 15.7 Å². The van der Waals surface area contributed by atoms with Gasteiger partial charge in [-0.05, 0) is 48.9 Å². The molecule has 2 aromatic carbocycles. The molecule has 5 nitrogen and oxygen atoms in total. The van der Waals surface area contributed by atoms with Crippen LogP contribution in [0.15, 0.2) is 48.5 Å². The maximum atomic E-state index is 12.1. The Balaban J connectivity index is 1.67. The number of rotatable bonds is 4. The predicted molar refractivity (Wildman–Crippen MR) is 107 cm³/mol. The predicted octanol–water partition coefficient (Wildman–Crippen LogP) is 5.84. The fourth-order valence-electron chi connectivity index (χ4n) is 2.35. The van der Waals surface area contributed by atoms with Gasteiger partial charge in [0.2, 0.25) is 0 Å². The van der Waals surface area contributed by atoms with Crippen molar-refractivity contribution in [2.24, 2.45) is 0 Å². The Kier molecular flexibility index (Phi) is 5.71. The number of urea groups is 1. The van der Waals surface area contributed by atoms with E-state index in [1.54, 1.807) is 47.1 Å². The first-order chi connectivity index (χ1) is 12.4. The van der Waals surface area contributed by atoms with Crippen molar-refractivity contribution in [2.75, 3.05) is 10.6 Å². The Morgan fingerprint density at radius 3 is 2.38 bits per heavy atom. The summed E-state index contributed by atoms with van der Waals surface area (Å²) < 4.78 is 1.76. The van der Waals surface area contributed by atoms with Gasteiger partial charge in [-0.3, -0.25) is 10.00 Å². The van der Waals surface area contributed by atoms with E-state index in [4.69, 9.17) is 34.8 Å². The summed E-state index contributed by atoms with van der Waals surface area (Å²) in [5, 5.41) is 11.6. The Hall–Kier alpha value is -2.21. The van der Waals surface area contributed by atoms with Crippen LogP contribution in [-0.4, -0.2) is 15.8 Å². The fourth-order valence-corrected chi connectivity index (χ4v) is 2.95. The molecule has 3 rings (SSSR count). The van der Waals surface area contributed by atoms with Crippen LogP contribution < -0.4 is 10.6 Å². The largest absolute Gasteiger partial charge is 0.324 e. The molecule has 1 aromatic heterocycles. The van der Waals surface area contributed by atoms with Gasteiger partial charge >= 0.3 is 6.03 Å². The molecule has 0 bridgehead atoms. The second-order valence-electron chi connectivity index (χ2n) is 5.65. The smallest absolute Gasteiger partial charge is 0.308 e. The molecule has 0 aliphatic rings. The number of anilines is 2. The molecular weight excluding hydrogens is 395 g/mol. The molecule has 2 N–H and O–H groups in total. The Morgan fingerprint density at radius 1 is 1.00 bits per heavy atom. The highest BCUT2D eigenvalue weighted by Gasteiger charge is 2.10. The van der Waals surface area contributed by atoms with E-state index in [0.29, 0.717) is 33.1 Å². The molecule has 26 heavy (non-hydrogen) atoms. The molecule has 1 heterocycles. The molecule has 134 valence electrons. The number of aromatic nitrogens is 2. The van der Waals surface area contributed by atoms with Gasteiger partial charge in [0.25, 0.3) is 0 Å². The van der Waals surface area contributed by atoms with Crippen molar-refractivity contribution in [3.05, 3.63) is 74.9 Å². The molecule has 0 saturated carbocycles. The summed E-state index contributed by atoms with van der Waals surface area (Å²) in [6, 6.07) is 13.6. The summed E-state index contributed by atoms with van der Waals surface area (Å²) in [6.45, 7) is 2.38. The SMILES string of the molecule is Cc1cc(NC(=O)Nc2ccc(Cl)cc2)nn1Cc1ccc(Cl)cc1Cl. The maximum absolute atomic E-state index is 12.1. The number of carbonyl (C=O) groups excluding carboxylic acids is 1. The lowest BCUT2D eigenvalue weighted by molar-refractivity contribution is 0.262. The minimum absolute atomic E-state index is 0.388. The van der Waals surface area contributed by atoms with Crippen molar-refractivity contribution in [2.45, 2.75) is 13.5 Å². The van der Waals surface area contributed by atoms with E-state index in [-0.39, 0.29) is 6.03 Å². The van der Waals surface area contributed by atoms with Gasteiger partial charge in [0, 0.05) is 32.5 Å². The molecule has 0 radical (unpaired) electrons. The first-order valence-corrected chi connectivity index (χ1v) is 8.86. The van der Waals surface area contributed by atoms with E-state index in [1.807, 2.05) is 13.0 Å². The third kappa shape index (κ3) is 4.69. The van der Waals surface area contributed by atoms with E-state index < -0.39 is 0 Å². The third-order valence-corrected chi connectivity index (χ3v) is 4.50. The highest BCUT2D eigenvalue weighted by atomic mass is 35.5. The normalized spacial score (nSPS) is 10.6. The van der Waals surface area contributed by atoms with Crippen molar-refractivity contribution in [3.63, 3.8) is 0 Å². The Labute approximate surface area is 165 Å². The highest BCUT2D eigenvalue weighted by Crippen LogP contribution is 2.22. The quantitative estimate of drug-likeness (QED) is 0.568. The van der Waals surface area contributed by atoms with Crippen LogP contribution in [0.2, 0.25) is 15.1 Å². The van der Waals surface area contributed by atoms with Gasteiger partial charge in [0.15, 0.2) is 5.82 Å². The van der Waals surface area contributed by atoms with Gasteiger partial charge in [-0.25, -0.2) is 4.79 Å². The number of benzene rings is 2. The van der Waals surface area contributed by atoms with Crippen LogP contribution in [0.1, 0.15) is 11.3 Å². The van der Waals surface area contributed by atoms with Gasteiger partial charge in [0.1, 0.15) is 0 Å². The second kappa shape index (κ2) is 7.99. The van der Waals surface area contributed by atoms with Gasteiger partial charge < -0.3 is 5.32 Å². The molecule has 2 amide bonds. The zero-order chi connectivity index (χ0) is 18.7. The van der Waals surface area contributed by atoms with Crippen molar-refractivity contribution >= 4 is 52.3 Å². The van der Waals surface area contributed by atoms with Crippen LogP contribution in [0, 0.1) is 6.92 Å². The van der Waals surface area contributed by atoms with Crippen LogP contribution in [-0.2, 0) is 6.54 Å². The number of aryl methyl sites for hydroxylation is 1. The molecule has 0 atom stereocenters. The van der Waals surface area contributed by atoms with Crippen molar-refractivity contribution in [1.29, 1.82) is 0 Å². The number of hydrogen-bond acceptors (Lipinski definition) is 2. The first kappa shape index (κ1) is 18.6. The van der Waals surface area contributed by atoms with Gasteiger partial charge in [-0.2, -0.15) is 5.10 Å². The van der Waals surface area contributed by atoms with E-state index in [1.165, 1.54) is 0 Å². The molecule has 0 aliphatic heterocycles. The Morgan fingerprint density at radius 2 is 1.69 bits per heavy atom. The maximum Gasteiger partial charge on any atom is 0.324 e. The summed E-state index contributed by atoms with van der Waals surface area (Å²) in [5.41, 5.74) is 2.41. The van der Waals surface area contributed by atoms with Gasteiger partial charge in [-0.1, -0.05) is 40.9 Å². The summed E-state index contributed by atoms with van der Waals surface area (Å²) in [5.74, 6) is 0.444. The number of nitrogens with zero attached hydrogens (tertiary/aromatic N) is 2. The third-order valence-electron chi connectivity index (χ3n) is 3.66. The van der Waals surface area contributed by atoms with Crippen LogP contribution in [0.4, 0.5) is 16.3 Å². The standard InChI is InChI=1S/C18H15Cl3N4O/c1-11-8-17(23-18(26)22-15-6-4-13(19)5-7-15)24-25(11)10-12-2-3-14(20)9-16(12)21/h2-9H,10H2,1H3,(H2,22,23,24,26). The number of amides is 2. The summed E-state index contributed by atoms with van der Waals surface area (Å²) in [4.78, 5) is 12.1. The molecule has 0 saturated heterocycles. The summed E-state index contributed by atoms with van der Waals surface area (Å²) in [6.07, 6.45) is 0. The van der Waals surface area contributed by atoms with Gasteiger partial charge in [-0.15, -0.1) is 0 Å². The van der Waals surface area contributed by atoms with Crippen LogP contribution in [0.25, 0.3) is 0 Å². The second-order valence-corrected chi connectivity index (χ2v) is 6.93. The monoisotopic (exact) mass is 408 g/mol. The lowest BCUT2D eigenvalue weighted by Crippen LogP contribution is -2.19. The van der Waals surface area contributed by atoms with Crippen LogP contribution >= 0.6 is 34.8 Å². The highest BCUT2D eigenvalue weighted by molar-refractivity contribution is 6.35. The molecule has 8 heteroatoms. The molecule has 0 fully saturated rings. The van der Waals surface area contributed by atoms with Crippen molar-refractivity contribution in [1.82, 2.24) is 9.78 Å². The van der Waals surface area contributed by atoms with E-state index >= 15 is 0 Å². The van der Waals surface area contributed by atoms with Crippen molar-refractivity contribution < 1.29 is 4.79 Å². The first-order valence-electron chi connectivity index (χ1n) is 7.72. The van der Waals surface area contributed by atoms with Crippen molar-refractivity contribution in [3.8, 4) is 0 Å². The molecule has 3 aromatic rings. The lowest BCUT2D eigenvalue weighted by Gasteiger charge is -2.07. The van der Waals surface area contributed by atoms with E-state index in [0.717, 1.165) is 11.3 Å². The molecule has 0 aliphatic carbocycles. The number of nitrogens with one attached hydrogen (secondary N) is 2. The zero-order valence-corrected chi connectivity index (χ0v) is 16.0. The number of halogens is 3. The average molecular weight is 410 g/mol. The summed E-state index contributed by atoms with van der Waals surface area (Å²) in [7, 11) is 0.